The highest BCUT2D eigenvalue weighted by molar-refractivity contribution is 5.96. The number of rotatable bonds is 3. The minimum Gasteiger partial charge on any atom is -0.406 e. The Hall–Kier alpha value is -2.83. The smallest absolute Gasteiger partial charge is 0.406 e. The number of benzene rings is 1. The molecule has 5 nitrogen and oxygen atoms in total. The third-order valence-electron chi connectivity index (χ3n) is 2.97. The van der Waals surface area contributed by atoms with Gasteiger partial charge in [0.1, 0.15) is 11.6 Å². The molecule has 2 heterocycles. The Morgan fingerprint density at radius 1 is 1.19 bits per heavy atom. The van der Waals surface area contributed by atoms with Crippen molar-refractivity contribution in [3.63, 3.8) is 0 Å². The van der Waals surface area contributed by atoms with Gasteiger partial charge in [0.25, 0.3) is 0 Å². The van der Waals surface area contributed by atoms with Gasteiger partial charge in [0.05, 0.1) is 12.1 Å². The van der Waals surface area contributed by atoms with E-state index >= 15 is 0 Å². The number of fused-ring (bicyclic) bond motifs is 1. The van der Waals surface area contributed by atoms with E-state index in [-0.39, 0.29) is 11.2 Å². The minimum absolute atomic E-state index is 0.146. The summed E-state index contributed by atoms with van der Waals surface area (Å²) in [7, 11) is 0. The third kappa shape index (κ3) is 2.22. The number of halogens is 2. The van der Waals surface area contributed by atoms with Crippen LogP contribution in [0.5, 0.6) is 0 Å². The van der Waals surface area contributed by atoms with E-state index in [2.05, 4.69) is 4.98 Å². The first-order chi connectivity index (χ1) is 10.1. The molecule has 0 spiro atoms. The zero-order valence-electron chi connectivity index (χ0n) is 10.5. The molecule has 0 fully saturated rings. The quantitative estimate of drug-likeness (QED) is 0.693. The molecular formula is C14H8F2N2O3. The molecule has 1 aromatic carbocycles. The maximum absolute atomic E-state index is 13.6. The van der Waals surface area contributed by atoms with Gasteiger partial charge >= 0.3 is 5.76 Å². The van der Waals surface area contributed by atoms with Gasteiger partial charge in [0.2, 0.25) is 0 Å². The lowest BCUT2D eigenvalue weighted by Crippen LogP contribution is -2.22. The first-order valence-electron chi connectivity index (χ1n) is 5.99. The lowest BCUT2D eigenvalue weighted by atomic mass is 10.1. The molecule has 2 aromatic heterocycles. The van der Waals surface area contributed by atoms with Crippen molar-refractivity contribution < 1.29 is 18.0 Å². The summed E-state index contributed by atoms with van der Waals surface area (Å²) in [6.45, 7) is -0.555. The summed E-state index contributed by atoms with van der Waals surface area (Å²) >= 11 is 0. The van der Waals surface area contributed by atoms with E-state index in [1.807, 2.05) is 0 Å². The fourth-order valence-corrected chi connectivity index (χ4v) is 2.03. The van der Waals surface area contributed by atoms with Gasteiger partial charge in [-0.1, -0.05) is 6.07 Å². The van der Waals surface area contributed by atoms with Crippen molar-refractivity contribution in [2.24, 2.45) is 0 Å². The van der Waals surface area contributed by atoms with E-state index in [1.165, 1.54) is 12.3 Å². The number of nitrogens with zero attached hydrogens (tertiary/aromatic N) is 2. The minimum atomic E-state index is -0.978. The predicted octanol–water partition coefficient (Wildman–Crippen LogP) is 2.15. The maximum Gasteiger partial charge on any atom is 0.421 e. The molecule has 0 aliphatic carbocycles. The Morgan fingerprint density at radius 2 is 1.90 bits per heavy atom. The number of ketones is 1. The van der Waals surface area contributed by atoms with Gasteiger partial charge in [0, 0.05) is 6.20 Å². The molecule has 0 unspecified atom stereocenters. The van der Waals surface area contributed by atoms with Crippen LogP contribution in [-0.4, -0.2) is 15.3 Å². The van der Waals surface area contributed by atoms with E-state index in [9.17, 15) is 18.4 Å². The maximum atomic E-state index is 13.6. The van der Waals surface area contributed by atoms with E-state index in [0.29, 0.717) is 0 Å². The second-order valence-corrected chi connectivity index (χ2v) is 4.30. The van der Waals surface area contributed by atoms with Gasteiger partial charge in [-0.3, -0.25) is 9.36 Å². The molecule has 0 radical (unpaired) electrons. The van der Waals surface area contributed by atoms with E-state index in [4.69, 9.17) is 4.42 Å². The number of oxazole rings is 1. The zero-order chi connectivity index (χ0) is 15.0. The van der Waals surface area contributed by atoms with Crippen LogP contribution in [0.15, 0.2) is 45.7 Å². The molecule has 0 saturated carbocycles. The number of carbonyl (C=O) groups excluding carboxylic acids is 1. The number of pyridine rings is 1. The first-order valence-corrected chi connectivity index (χ1v) is 5.99. The van der Waals surface area contributed by atoms with E-state index in [0.717, 1.165) is 22.8 Å². The van der Waals surface area contributed by atoms with Crippen LogP contribution in [0.1, 0.15) is 10.4 Å². The molecule has 21 heavy (non-hydrogen) atoms. The second kappa shape index (κ2) is 4.93. The summed E-state index contributed by atoms with van der Waals surface area (Å²) in [4.78, 5) is 27.7. The van der Waals surface area contributed by atoms with Crippen molar-refractivity contribution in [3.05, 3.63) is 64.3 Å². The van der Waals surface area contributed by atoms with Crippen molar-refractivity contribution in [1.29, 1.82) is 0 Å². The van der Waals surface area contributed by atoms with Crippen molar-refractivity contribution in [1.82, 2.24) is 9.55 Å². The lowest BCUT2D eigenvalue weighted by molar-refractivity contribution is 0.0962. The second-order valence-electron chi connectivity index (χ2n) is 4.30. The fourth-order valence-electron chi connectivity index (χ4n) is 2.03. The molecule has 0 atom stereocenters. The molecule has 3 aromatic rings. The molecule has 106 valence electrons. The lowest BCUT2D eigenvalue weighted by Gasteiger charge is -2.04. The highest BCUT2D eigenvalue weighted by Gasteiger charge is 2.20. The van der Waals surface area contributed by atoms with Crippen molar-refractivity contribution >= 4 is 17.0 Å². The highest BCUT2D eigenvalue weighted by Crippen LogP contribution is 2.15. The Labute approximate surface area is 116 Å². The van der Waals surface area contributed by atoms with Crippen LogP contribution in [0.2, 0.25) is 0 Å². The topological polar surface area (TPSA) is 65.1 Å². The Bertz CT molecular complexity index is 878. The number of aromatic nitrogens is 2. The van der Waals surface area contributed by atoms with Crippen LogP contribution in [-0.2, 0) is 6.54 Å². The van der Waals surface area contributed by atoms with Crippen LogP contribution in [0, 0.1) is 11.6 Å². The number of hydrogen-bond donors (Lipinski definition) is 0. The van der Waals surface area contributed by atoms with Crippen molar-refractivity contribution in [2.45, 2.75) is 6.54 Å². The molecule has 0 bridgehead atoms. The molecule has 0 aliphatic heterocycles. The molecule has 7 heteroatoms. The van der Waals surface area contributed by atoms with Gasteiger partial charge in [-0.15, -0.1) is 0 Å². The van der Waals surface area contributed by atoms with Crippen molar-refractivity contribution in [2.75, 3.05) is 0 Å². The largest absolute Gasteiger partial charge is 0.421 e. The molecule has 0 N–H and O–H groups in total. The average Bonchev–Trinajstić information content (AvgIpc) is 2.75. The summed E-state index contributed by atoms with van der Waals surface area (Å²) in [5, 5.41) is 0. The van der Waals surface area contributed by atoms with Gasteiger partial charge < -0.3 is 4.42 Å². The Morgan fingerprint density at radius 3 is 2.62 bits per heavy atom. The van der Waals surface area contributed by atoms with Crippen LogP contribution in [0.4, 0.5) is 8.78 Å². The molecule has 0 aliphatic rings. The first kappa shape index (κ1) is 13.2. The van der Waals surface area contributed by atoms with Crippen LogP contribution in [0.3, 0.4) is 0 Å². The summed E-state index contributed by atoms with van der Waals surface area (Å²) in [6, 6.07) is 6.18. The van der Waals surface area contributed by atoms with Crippen LogP contribution >= 0.6 is 0 Å². The number of hydrogen-bond acceptors (Lipinski definition) is 4. The van der Waals surface area contributed by atoms with Gasteiger partial charge in [-0.05, 0) is 24.3 Å². The average molecular weight is 290 g/mol. The number of Topliss-reactive ketones (excluding diaryl/α,β-unsaturated/α-hetero) is 1. The Kier molecular flexibility index (Phi) is 3.09. The van der Waals surface area contributed by atoms with E-state index in [1.54, 1.807) is 6.07 Å². The SMILES string of the molecule is O=C(Cn1c(=O)oc2cccnc21)c1c(F)cccc1F. The van der Waals surface area contributed by atoms with Crippen LogP contribution < -0.4 is 5.76 Å². The predicted molar refractivity (Wildman–Crippen MR) is 69.0 cm³/mol. The molecule has 0 amide bonds. The summed E-state index contributed by atoms with van der Waals surface area (Å²) in [5.41, 5.74) is -0.341. The molecular weight excluding hydrogens is 282 g/mol. The highest BCUT2D eigenvalue weighted by atomic mass is 19.1. The fraction of sp³-hybridized carbons (Fsp3) is 0.0714. The van der Waals surface area contributed by atoms with Gasteiger partial charge in [-0.25, -0.2) is 18.6 Å². The summed E-state index contributed by atoms with van der Waals surface area (Å²) in [5.74, 6) is -3.64. The normalized spacial score (nSPS) is 11.0. The number of carbonyl (C=O) groups is 1. The third-order valence-corrected chi connectivity index (χ3v) is 2.97. The summed E-state index contributed by atoms with van der Waals surface area (Å²) in [6.07, 6.45) is 1.42. The van der Waals surface area contributed by atoms with Gasteiger partial charge in [-0.2, -0.15) is 0 Å². The van der Waals surface area contributed by atoms with Crippen LogP contribution in [0.25, 0.3) is 11.2 Å². The van der Waals surface area contributed by atoms with Crippen molar-refractivity contribution in [3.8, 4) is 0 Å². The summed E-state index contributed by atoms with van der Waals surface area (Å²) < 4.78 is 32.9. The monoisotopic (exact) mass is 290 g/mol. The zero-order valence-corrected chi connectivity index (χ0v) is 10.5. The Balaban J connectivity index is 2.05. The molecule has 0 saturated heterocycles. The molecule has 3 rings (SSSR count). The van der Waals surface area contributed by atoms with E-state index < -0.39 is 35.3 Å². The standard InChI is InChI=1S/C14H8F2N2O3/c15-8-3-1-4-9(16)12(8)10(19)7-18-13-11(21-14(18)20)5-2-6-17-13/h1-6H,7H2. The van der Waals surface area contributed by atoms with Gasteiger partial charge in [0.15, 0.2) is 17.0 Å².